The van der Waals surface area contributed by atoms with E-state index >= 15 is 0 Å². The van der Waals surface area contributed by atoms with Crippen LogP contribution in [0.3, 0.4) is 0 Å². The maximum atomic E-state index is 6.41. The molecule has 0 saturated carbocycles. The highest BCUT2D eigenvalue weighted by Crippen LogP contribution is 2.37. The molecule has 2 aromatic heterocycles. The molecule has 0 amide bonds. The molecule has 10 rings (SSSR count). The van der Waals surface area contributed by atoms with Crippen LogP contribution in [0.1, 0.15) is 11.4 Å². The first-order valence-electron chi connectivity index (χ1n) is 16.9. The molecule has 0 unspecified atom stereocenters. The number of nitrogens with zero attached hydrogens (tertiary/aromatic N) is 3. The average molecular weight is 640 g/mol. The Balaban J connectivity index is 1.14. The molecule has 8 aromatic carbocycles. The molecule has 0 bridgehead atoms. The number of furan rings is 1. The summed E-state index contributed by atoms with van der Waals surface area (Å²) < 4.78 is 6.41. The molecule has 4 heteroatoms. The maximum Gasteiger partial charge on any atom is 0.164 e. The van der Waals surface area contributed by atoms with Crippen molar-refractivity contribution in [3.63, 3.8) is 0 Å². The summed E-state index contributed by atoms with van der Waals surface area (Å²) in [7, 11) is 0. The van der Waals surface area contributed by atoms with Crippen LogP contribution in [0.25, 0.3) is 88.2 Å². The first-order chi connectivity index (χ1) is 24.7. The molecular weight excluding hydrogens is 611 g/mol. The van der Waals surface area contributed by atoms with E-state index in [0.717, 1.165) is 55.0 Å². The van der Waals surface area contributed by atoms with Gasteiger partial charge in [0.25, 0.3) is 0 Å². The normalized spacial score (nSPS) is 11.7. The highest BCUT2D eigenvalue weighted by Gasteiger charge is 2.18. The molecule has 4 nitrogen and oxygen atoms in total. The van der Waals surface area contributed by atoms with E-state index in [1.54, 1.807) is 0 Å². The van der Waals surface area contributed by atoms with Gasteiger partial charge in [0.05, 0.1) is 0 Å². The molecule has 0 aliphatic heterocycles. The van der Waals surface area contributed by atoms with E-state index in [1.807, 2.05) is 24.3 Å². The summed E-state index contributed by atoms with van der Waals surface area (Å²) in [5.74, 6) is 2.03. The zero-order valence-electron chi connectivity index (χ0n) is 27.0. The van der Waals surface area contributed by atoms with Crippen molar-refractivity contribution in [1.82, 2.24) is 15.0 Å². The molecule has 2 heterocycles. The van der Waals surface area contributed by atoms with Gasteiger partial charge in [-0.05, 0) is 79.3 Å². The summed E-state index contributed by atoms with van der Waals surface area (Å²) in [4.78, 5) is 15.4. The van der Waals surface area contributed by atoms with Crippen LogP contribution in [0.2, 0.25) is 0 Å². The molecule has 0 fully saturated rings. The molecule has 0 aliphatic rings. The Bertz CT molecular complexity index is 2910. The number of benzene rings is 8. The molecule has 234 valence electrons. The van der Waals surface area contributed by atoms with Crippen LogP contribution in [0, 0.1) is 0 Å². The fraction of sp³-hybridized carbons (Fsp3) is 0.0217. The van der Waals surface area contributed by atoms with E-state index in [-0.39, 0.29) is 0 Å². The van der Waals surface area contributed by atoms with Gasteiger partial charge >= 0.3 is 0 Å². The Kier molecular flexibility index (Phi) is 6.53. The molecule has 0 radical (unpaired) electrons. The number of hydrogen-bond acceptors (Lipinski definition) is 4. The van der Waals surface area contributed by atoms with Gasteiger partial charge in [0, 0.05) is 28.3 Å². The van der Waals surface area contributed by atoms with E-state index in [4.69, 9.17) is 19.4 Å². The van der Waals surface area contributed by atoms with E-state index in [1.165, 1.54) is 27.1 Å². The minimum Gasteiger partial charge on any atom is -0.456 e. The number of fused-ring (bicyclic) bond motifs is 7. The lowest BCUT2D eigenvalue weighted by molar-refractivity contribution is 0.668. The summed E-state index contributed by atoms with van der Waals surface area (Å²) in [6.07, 6.45) is 0.521. The van der Waals surface area contributed by atoms with Gasteiger partial charge in [-0.1, -0.05) is 133 Å². The predicted octanol–water partition coefficient (Wildman–Crippen LogP) is 11.8. The minimum absolute atomic E-state index is 0.521. The summed E-state index contributed by atoms with van der Waals surface area (Å²) in [6, 6.07) is 57.3. The van der Waals surface area contributed by atoms with Gasteiger partial charge in [-0.3, -0.25) is 0 Å². The Labute approximate surface area is 288 Å². The smallest absolute Gasteiger partial charge is 0.164 e. The monoisotopic (exact) mass is 639 g/mol. The van der Waals surface area contributed by atoms with Gasteiger partial charge in [-0.25, -0.2) is 15.0 Å². The van der Waals surface area contributed by atoms with Crippen molar-refractivity contribution < 1.29 is 4.42 Å². The van der Waals surface area contributed by atoms with E-state index in [9.17, 15) is 0 Å². The summed E-state index contributed by atoms with van der Waals surface area (Å²) in [5.41, 5.74) is 7.10. The van der Waals surface area contributed by atoms with Gasteiger partial charge in [0.2, 0.25) is 0 Å². The van der Waals surface area contributed by atoms with E-state index in [2.05, 4.69) is 140 Å². The molecular formula is C46H29N3O. The molecule has 0 aliphatic carbocycles. The Morgan fingerprint density at radius 1 is 0.400 bits per heavy atom. The van der Waals surface area contributed by atoms with Crippen LogP contribution in [0.5, 0.6) is 0 Å². The third-order valence-electron chi connectivity index (χ3n) is 9.74. The maximum absolute atomic E-state index is 6.41. The molecule has 0 N–H and O–H groups in total. The van der Waals surface area contributed by atoms with Crippen LogP contribution in [0.4, 0.5) is 0 Å². The lowest BCUT2D eigenvalue weighted by Crippen LogP contribution is -2.04. The number of aromatic nitrogens is 3. The zero-order valence-corrected chi connectivity index (χ0v) is 27.0. The highest BCUT2D eigenvalue weighted by molar-refractivity contribution is 6.13. The van der Waals surface area contributed by atoms with Crippen LogP contribution in [-0.4, -0.2) is 15.0 Å². The fourth-order valence-corrected chi connectivity index (χ4v) is 7.34. The Morgan fingerprint density at radius 3 is 1.98 bits per heavy atom. The number of hydrogen-bond donors (Lipinski definition) is 0. The number of rotatable bonds is 5. The summed E-state index contributed by atoms with van der Waals surface area (Å²) in [5, 5.41) is 9.29. The second-order valence-electron chi connectivity index (χ2n) is 12.8. The fourth-order valence-electron chi connectivity index (χ4n) is 7.34. The van der Waals surface area contributed by atoms with Crippen molar-refractivity contribution in [3.8, 4) is 33.9 Å². The van der Waals surface area contributed by atoms with Crippen LogP contribution >= 0.6 is 0 Å². The molecule has 0 saturated heterocycles. The lowest BCUT2D eigenvalue weighted by Gasteiger charge is -2.12. The topological polar surface area (TPSA) is 51.8 Å². The SMILES string of the molecule is c1ccc(-c2nc(Cc3cccc4oc5ccc(-c6ccc7ccccc7c6)cc5c34)nc(-c3cc4ccccc4c4ccccc34)n2)cc1. The second kappa shape index (κ2) is 11.5. The van der Waals surface area contributed by atoms with Gasteiger partial charge in [0.15, 0.2) is 11.6 Å². The van der Waals surface area contributed by atoms with Crippen molar-refractivity contribution in [2.75, 3.05) is 0 Å². The third-order valence-corrected chi connectivity index (χ3v) is 9.74. The van der Waals surface area contributed by atoms with Crippen molar-refractivity contribution in [3.05, 3.63) is 175 Å². The van der Waals surface area contributed by atoms with Crippen LogP contribution in [0.15, 0.2) is 168 Å². The van der Waals surface area contributed by atoms with Crippen molar-refractivity contribution in [2.24, 2.45) is 0 Å². The van der Waals surface area contributed by atoms with Crippen molar-refractivity contribution in [2.45, 2.75) is 6.42 Å². The lowest BCUT2D eigenvalue weighted by atomic mass is 9.96. The molecule has 0 spiro atoms. The average Bonchev–Trinajstić information content (AvgIpc) is 3.56. The van der Waals surface area contributed by atoms with Crippen molar-refractivity contribution >= 4 is 54.3 Å². The first-order valence-corrected chi connectivity index (χ1v) is 16.9. The second-order valence-corrected chi connectivity index (χ2v) is 12.8. The minimum atomic E-state index is 0.521. The van der Waals surface area contributed by atoms with Gasteiger partial charge in [0.1, 0.15) is 17.0 Å². The first kappa shape index (κ1) is 28.4. The molecule has 10 aromatic rings. The quantitative estimate of drug-likeness (QED) is 0.176. The van der Waals surface area contributed by atoms with Gasteiger partial charge in [-0.15, -0.1) is 0 Å². The predicted molar refractivity (Wildman–Crippen MR) is 205 cm³/mol. The van der Waals surface area contributed by atoms with Crippen LogP contribution < -0.4 is 0 Å². The van der Waals surface area contributed by atoms with E-state index < -0.39 is 0 Å². The van der Waals surface area contributed by atoms with Crippen molar-refractivity contribution in [1.29, 1.82) is 0 Å². The highest BCUT2D eigenvalue weighted by atomic mass is 16.3. The van der Waals surface area contributed by atoms with Gasteiger partial charge in [-0.2, -0.15) is 0 Å². The third kappa shape index (κ3) is 4.81. The largest absolute Gasteiger partial charge is 0.456 e. The summed E-state index contributed by atoms with van der Waals surface area (Å²) in [6.45, 7) is 0. The zero-order chi connectivity index (χ0) is 33.0. The van der Waals surface area contributed by atoms with Crippen LogP contribution in [-0.2, 0) is 6.42 Å². The standard InChI is InChI=1S/C46H29N3O/c1-2-12-30(13-3-1)45-47-43(48-46(49-45)39-27-34-15-6-7-17-36(34)37-18-8-9-19-38(37)39)28-35-16-10-20-42-44(35)40-26-33(23-24-41(40)50-42)32-22-21-29-11-4-5-14-31(29)25-32/h1-27H,28H2. The van der Waals surface area contributed by atoms with E-state index in [0.29, 0.717) is 23.9 Å². The Morgan fingerprint density at radius 2 is 1.10 bits per heavy atom. The van der Waals surface area contributed by atoms with Gasteiger partial charge < -0.3 is 4.42 Å². The molecule has 50 heavy (non-hydrogen) atoms. The molecule has 0 atom stereocenters. The Hall–Kier alpha value is -6.65. The summed E-state index contributed by atoms with van der Waals surface area (Å²) >= 11 is 0.